The fraction of sp³-hybridized carbons (Fsp3) is 0.407. The highest BCUT2D eigenvalue weighted by atomic mass is 19.3. The average molecular weight is 526 g/mol. The number of rotatable bonds is 6. The van der Waals surface area contributed by atoms with Crippen LogP contribution in [0.4, 0.5) is 14.5 Å². The first-order valence-corrected chi connectivity index (χ1v) is 12.6. The third-order valence-corrected chi connectivity index (χ3v) is 7.40. The zero-order valence-corrected chi connectivity index (χ0v) is 21.0. The second-order valence-electron chi connectivity index (χ2n) is 9.99. The Morgan fingerprint density at radius 3 is 2.58 bits per heavy atom. The number of piperidine rings is 1. The predicted molar refractivity (Wildman–Crippen MR) is 134 cm³/mol. The number of carbonyl (C=O) groups excluding carboxylic acids is 4. The molecule has 3 aliphatic rings. The Balaban J connectivity index is 1.23. The van der Waals surface area contributed by atoms with Crippen LogP contribution in [0.5, 0.6) is 0 Å². The van der Waals surface area contributed by atoms with Crippen LogP contribution < -0.4 is 15.5 Å². The SMILES string of the molecule is CN1CCN(c2cccc(C(F)(F)C(=O)NCc3ccc4c(c3)CN(C3CCC(=O)NC3=O)C4=O)c2)CC1. The Morgan fingerprint density at radius 1 is 1.08 bits per heavy atom. The lowest BCUT2D eigenvalue weighted by Crippen LogP contribution is -2.52. The van der Waals surface area contributed by atoms with E-state index >= 15 is 8.78 Å². The summed E-state index contributed by atoms with van der Waals surface area (Å²) in [6, 6.07) is 10.0. The zero-order chi connectivity index (χ0) is 27.0. The minimum Gasteiger partial charge on any atom is -0.369 e. The van der Waals surface area contributed by atoms with Gasteiger partial charge in [0, 0.05) is 62.5 Å². The molecule has 1 unspecified atom stereocenters. The van der Waals surface area contributed by atoms with Crippen molar-refractivity contribution >= 4 is 29.3 Å². The number of amides is 4. The van der Waals surface area contributed by atoms with Crippen molar-refractivity contribution in [3.05, 3.63) is 64.7 Å². The lowest BCUT2D eigenvalue weighted by Gasteiger charge is -2.34. The molecule has 38 heavy (non-hydrogen) atoms. The summed E-state index contributed by atoms with van der Waals surface area (Å²) in [7, 11) is 2.01. The van der Waals surface area contributed by atoms with Crippen molar-refractivity contribution in [2.24, 2.45) is 0 Å². The van der Waals surface area contributed by atoms with Crippen molar-refractivity contribution in [1.29, 1.82) is 0 Å². The number of alkyl halides is 2. The number of benzene rings is 2. The molecule has 0 bridgehead atoms. The van der Waals surface area contributed by atoms with Crippen LogP contribution in [0.25, 0.3) is 0 Å². The molecule has 11 heteroatoms. The number of nitrogens with one attached hydrogen (secondary N) is 2. The van der Waals surface area contributed by atoms with Gasteiger partial charge < -0.3 is 20.0 Å². The van der Waals surface area contributed by atoms with Crippen molar-refractivity contribution in [2.45, 2.75) is 37.9 Å². The molecule has 0 spiro atoms. The highest BCUT2D eigenvalue weighted by Gasteiger charge is 2.42. The number of hydrogen-bond acceptors (Lipinski definition) is 6. The second kappa shape index (κ2) is 10.1. The average Bonchev–Trinajstić information content (AvgIpc) is 3.23. The summed E-state index contributed by atoms with van der Waals surface area (Å²) in [5.74, 6) is -6.32. The molecule has 0 saturated carbocycles. The molecule has 200 valence electrons. The monoisotopic (exact) mass is 525 g/mol. The number of anilines is 1. The van der Waals surface area contributed by atoms with Gasteiger partial charge in [-0.05, 0) is 42.8 Å². The molecular weight excluding hydrogens is 496 g/mol. The van der Waals surface area contributed by atoms with Crippen molar-refractivity contribution in [2.75, 3.05) is 38.1 Å². The molecule has 2 N–H and O–H groups in total. The van der Waals surface area contributed by atoms with Gasteiger partial charge in [-0.15, -0.1) is 0 Å². The van der Waals surface area contributed by atoms with E-state index in [-0.39, 0.29) is 43.3 Å². The smallest absolute Gasteiger partial charge is 0.349 e. The quantitative estimate of drug-likeness (QED) is 0.556. The van der Waals surface area contributed by atoms with Gasteiger partial charge in [0.2, 0.25) is 11.8 Å². The third-order valence-electron chi connectivity index (χ3n) is 7.40. The number of piperazine rings is 1. The van der Waals surface area contributed by atoms with Gasteiger partial charge in [0.05, 0.1) is 0 Å². The van der Waals surface area contributed by atoms with Crippen molar-refractivity contribution < 1.29 is 28.0 Å². The third kappa shape index (κ3) is 4.98. The summed E-state index contributed by atoms with van der Waals surface area (Å²) in [5, 5.41) is 4.58. The van der Waals surface area contributed by atoms with Crippen LogP contribution in [0, 0.1) is 0 Å². The minimum atomic E-state index is -3.72. The summed E-state index contributed by atoms with van der Waals surface area (Å²) in [4.78, 5) is 54.7. The Morgan fingerprint density at radius 2 is 1.84 bits per heavy atom. The van der Waals surface area contributed by atoms with Crippen molar-refractivity contribution in [1.82, 2.24) is 20.4 Å². The maximum atomic E-state index is 15.1. The summed E-state index contributed by atoms with van der Waals surface area (Å²) >= 11 is 0. The fourth-order valence-corrected chi connectivity index (χ4v) is 5.12. The van der Waals surface area contributed by atoms with Gasteiger partial charge in [-0.3, -0.25) is 24.5 Å². The van der Waals surface area contributed by atoms with Crippen LogP contribution in [0.15, 0.2) is 42.5 Å². The van der Waals surface area contributed by atoms with E-state index in [0.717, 1.165) is 26.2 Å². The lowest BCUT2D eigenvalue weighted by molar-refractivity contribution is -0.147. The molecule has 0 radical (unpaired) electrons. The van der Waals surface area contributed by atoms with Crippen molar-refractivity contribution in [3.8, 4) is 0 Å². The van der Waals surface area contributed by atoms with Gasteiger partial charge in [0.25, 0.3) is 11.8 Å². The highest BCUT2D eigenvalue weighted by Crippen LogP contribution is 2.32. The van der Waals surface area contributed by atoms with Gasteiger partial charge in [0.1, 0.15) is 6.04 Å². The number of halogens is 2. The predicted octanol–water partition coefficient (Wildman–Crippen LogP) is 1.61. The first kappa shape index (κ1) is 25.8. The van der Waals surface area contributed by atoms with E-state index in [2.05, 4.69) is 15.5 Å². The second-order valence-corrected chi connectivity index (χ2v) is 9.99. The zero-order valence-electron chi connectivity index (χ0n) is 21.0. The van der Waals surface area contributed by atoms with E-state index in [0.29, 0.717) is 22.4 Å². The van der Waals surface area contributed by atoms with Gasteiger partial charge in [0.15, 0.2) is 0 Å². The molecule has 1 atom stereocenters. The van der Waals surface area contributed by atoms with E-state index in [1.807, 2.05) is 11.9 Å². The fourth-order valence-electron chi connectivity index (χ4n) is 5.12. The van der Waals surface area contributed by atoms with E-state index in [1.54, 1.807) is 24.3 Å². The van der Waals surface area contributed by atoms with E-state index in [1.165, 1.54) is 23.1 Å². The molecule has 3 aliphatic heterocycles. The van der Waals surface area contributed by atoms with Gasteiger partial charge >= 0.3 is 5.92 Å². The topological polar surface area (TPSA) is 102 Å². The van der Waals surface area contributed by atoms with Gasteiger partial charge in [-0.25, -0.2) is 0 Å². The Labute approximate surface area is 218 Å². The Kier molecular flexibility index (Phi) is 6.87. The van der Waals surface area contributed by atoms with Gasteiger partial charge in [-0.1, -0.05) is 24.3 Å². The number of likely N-dealkylation sites (N-methyl/N-ethyl adjacent to an activating group) is 1. The van der Waals surface area contributed by atoms with E-state index < -0.39 is 23.8 Å². The molecule has 4 amide bonds. The van der Waals surface area contributed by atoms with Gasteiger partial charge in [-0.2, -0.15) is 8.78 Å². The van der Waals surface area contributed by atoms with Crippen LogP contribution in [-0.2, 0) is 33.4 Å². The first-order chi connectivity index (χ1) is 18.1. The molecule has 2 aromatic carbocycles. The standard InChI is InChI=1S/C27H29F2N5O4/c1-32-9-11-33(12-10-32)20-4-2-3-19(14-20)27(28,29)26(38)30-15-17-5-6-21-18(13-17)16-34(25(21)37)22-7-8-23(35)31-24(22)36/h2-6,13-14,22H,7-12,15-16H2,1H3,(H,30,38)(H,31,35,36). The molecular formula is C27H29F2N5O4. The number of carbonyl (C=O) groups is 4. The number of nitrogens with zero attached hydrogens (tertiary/aromatic N) is 3. The van der Waals surface area contributed by atoms with Crippen LogP contribution in [0.2, 0.25) is 0 Å². The van der Waals surface area contributed by atoms with Crippen LogP contribution >= 0.6 is 0 Å². The summed E-state index contributed by atoms with van der Waals surface area (Å²) in [6.07, 6.45) is 0.401. The normalized spacial score (nSPS) is 20.4. The van der Waals surface area contributed by atoms with E-state index in [9.17, 15) is 19.2 Å². The summed E-state index contributed by atoms with van der Waals surface area (Å²) in [6.45, 7) is 3.13. The molecule has 9 nitrogen and oxygen atoms in total. The minimum absolute atomic E-state index is 0.146. The van der Waals surface area contributed by atoms with Crippen LogP contribution in [0.3, 0.4) is 0 Å². The highest BCUT2D eigenvalue weighted by molar-refractivity contribution is 6.05. The maximum absolute atomic E-state index is 15.1. The molecule has 2 aromatic rings. The van der Waals surface area contributed by atoms with Crippen LogP contribution in [0.1, 0.15) is 39.9 Å². The molecule has 0 aliphatic carbocycles. The van der Waals surface area contributed by atoms with Crippen LogP contribution in [-0.4, -0.2) is 72.7 Å². The van der Waals surface area contributed by atoms with E-state index in [4.69, 9.17) is 0 Å². The molecule has 3 heterocycles. The molecule has 2 saturated heterocycles. The first-order valence-electron chi connectivity index (χ1n) is 12.6. The Bertz CT molecular complexity index is 1290. The maximum Gasteiger partial charge on any atom is 0.349 e. The number of hydrogen-bond donors (Lipinski definition) is 2. The molecule has 0 aromatic heterocycles. The number of fused-ring (bicyclic) bond motifs is 1. The lowest BCUT2D eigenvalue weighted by atomic mass is 10.0. The largest absolute Gasteiger partial charge is 0.369 e. The molecule has 5 rings (SSSR count). The summed E-state index contributed by atoms with van der Waals surface area (Å²) < 4.78 is 30.2. The number of imide groups is 1. The molecule has 2 fully saturated rings. The Hall–Kier alpha value is -3.86. The van der Waals surface area contributed by atoms with Crippen molar-refractivity contribution in [3.63, 3.8) is 0 Å². The summed E-state index contributed by atoms with van der Waals surface area (Å²) in [5.41, 5.74) is 1.89.